The lowest BCUT2D eigenvalue weighted by molar-refractivity contribution is -0.153. The highest BCUT2D eigenvalue weighted by atomic mass is 127. The van der Waals surface area contributed by atoms with E-state index in [0.29, 0.717) is 24.8 Å². The van der Waals surface area contributed by atoms with Crippen LogP contribution in [-0.4, -0.2) is 44.8 Å². The number of carbonyl (C=O) groups excluding carboxylic acids is 1. The fraction of sp³-hybridized carbons (Fsp3) is 0.333. The van der Waals surface area contributed by atoms with Crippen LogP contribution in [0.4, 0.5) is 13.2 Å². The van der Waals surface area contributed by atoms with Crippen LogP contribution in [0.1, 0.15) is 11.1 Å². The molecular weight excluding hydrogens is 540 g/mol. The Balaban J connectivity index is 0.00000512. The van der Waals surface area contributed by atoms with E-state index >= 15 is 0 Å². The van der Waals surface area contributed by atoms with Gasteiger partial charge in [0.15, 0.2) is 19.2 Å². The fourth-order valence-corrected chi connectivity index (χ4v) is 2.51. The molecular formula is C21H26F3IN4O3. The Hall–Kier alpha value is -2.70. The molecule has 1 amide bonds. The van der Waals surface area contributed by atoms with Crippen LogP contribution in [0, 0.1) is 0 Å². The van der Waals surface area contributed by atoms with Crippen LogP contribution >= 0.6 is 24.0 Å². The molecule has 2 aromatic rings. The summed E-state index contributed by atoms with van der Waals surface area (Å²) in [5.74, 6) is 0.800. The molecule has 0 unspecified atom stereocenters. The van der Waals surface area contributed by atoms with E-state index in [4.69, 9.17) is 10.5 Å². The van der Waals surface area contributed by atoms with Gasteiger partial charge in [0.25, 0.3) is 5.91 Å². The molecule has 0 bridgehead atoms. The molecule has 0 fully saturated rings. The summed E-state index contributed by atoms with van der Waals surface area (Å²) in [6.07, 6.45) is -3.62. The van der Waals surface area contributed by atoms with Crippen molar-refractivity contribution in [2.45, 2.75) is 19.1 Å². The van der Waals surface area contributed by atoms with Crippen molar-refractivity contribution in [3.63, 3.8) is 0 Å². The first-order valence-corrected chi connectivity index (χ1v) is 9.48. The second kappa shape index (κ2) is 13.7. The van der Waals surface area contributed by atoms with Gasteiger partial charge in [-0.3, -0.25) is 9.79 Å². The highest BCUT2D eigenvalue weighted by Crippen LogP contribution is 2.18. The number of amides is 1. The summed E-state index contributed by atoms with van der Waals surface area (Å²) in [6.45, 7) is -0.396. The summed E-state index contributed by atoms with van der Waals surface area (Å²) in [5.41, 5.74) is 6.98. The van der Waals surface area contributed by atoms with Gasteiger partial charge in [-0.15, -0.1) is 24.0 Å². The van der Waals surface area contributed by atoms with E-state index in [1.165, 1.54) is 12.1 Å². The molecule has 0 aliphatic rings. The molecule has 0 atom stereocenters. The Morgan fingerprint density at radius 3 is 2.06 bits per heavy atom. The van der Waals surface area contributed by atoms with Crippen molar-refractivity contribution < 1.29 is 27.4 Å². The molecule has 0 heterocycles. The number of primary amides is 1. The highest BCUT2D eigenvalue weighted by Gasteiger charge is 2.28. The predicted octanol–water partition coefficient (Wildman–Crippen LogP) is 3.02. The van der Waals surface area contributed by atoms with E-state index in [1.807, 2.05) is 12.1 Å². The van der Waals surface area contributed by atoms with Crippen LogP contribution in [0.25, 0.3) is 0 Å². The first-order valence-electron chi connectivity index (χ1n) is 9.48. The average molecular weight is 566 g/mol. The molecule has 7 nitrogen and oxygen atoms in total. The topological polar surface area (TPSA) is 98.0 Å². The molecule has 0 aliphatic heterocycles. The van der Waals surface area contributed by atoms with Crippen molar-refractivity contribution >= 4 is 35.8 Å². The first kappa shape index (κ1) is 27.3. The van der Waals surface area contributed by atoms with Gasteiger partial charge in [0.2, 0.25) is 0 Å². The lowest BCUT2D eigenvalue weighted by Crippen LogP contribution is -2.37. The van der Waals surface area contributed by atoms with Gasteiger partial charge in [0.1, 0.15) is 11.5 Å². The Morgan fingerprint density at radius 1 is 0.969 bits per heavy atom. The number of nitrogens with zero attached hydrogens (tertiary/aromatic N) is 1. The van der Waals surface area contributed by atoms with Gasteiger partial charge in [-0.2, -0.15) is 13.2 Å². The Bertz CT molecular complexity index is 860. The molecule has 0 saturated carbocycles. The SMILES string of the molecule is CN=C(NCCc1ccc(OCC(N)=O)cc1)NCc1ccc(OCC(F)(F)F)cc1.I. The number of nitrogens with one attached hydrogen (secondary N) is 2. The molecule has 2 aromatic carbocycles. The third-order valence-corrected chi connectivity index (χ3v) is 4.02. The van der Waals surface area contributed by atoms with Crippen molar-refractivity contribution in [2.24, 2.45) is 10.7 Å². The smallest absolute Gasteiger partial charge is 0.422 e. The minimum absolute atomic E-state index is 0. The largest absolute Gasteiger partial charge is 0.484 e. The number of halogens is 4. The minimum Gasteiger partial charge on any atom is -0.484 e. The normalized spacial score (nSPS) is 11.3. The standard InChI is InChI=1S/C21H25F3N4O3.HI/c1-26-20(27-11-10-15-2-6-17(7-3-15)30-13-19(25)29)28-12-16-4-8-18(9-5-16)31-14-21(22,23)24;/h2-9H,10-14H2,1H3,(H2,25,29)(H2,26,27,28);1H. The summed E-state index contributed by atoms with van der Waals surface area (Å²) >= 11 is 0. The van der Waals surface area contributed by atoms with Crippen molar-refractivity contribution in [1.29, 1.82) is 0 Å². The van der Waals surface area contributed by atoms with Crippen LogP contribution in [0.5, 0.6) is 11.5 Å². The molecule has 11 heteroatoms. The summed E-state index contributed by atoms with van der Waals surface area (Å²) in [4.78, 5) is 14.9. The van der Waals surface area contributed by atoms with Crippen LogP contribution in [0.15, 0.2) is 53.5 Å². The third kappa shape index (κ3) is 11.1. The number of hydrogen-bond donors (Lipinski definition) is 3. The molecule has 4 N–H and O–H groups in total. The van der Waals surface area contributed by atoms with Gasteiger partial charge in [-0.1, -0.05) is 24.3 Å². The van der Waals surface area contributed by atoms with E-state index in [9.17, 15) is 18.0 Å². The summed E-state index contributed by atoms with van der Waals surface area (Å²) in [7, 11) is 1.65. The lowest BCUT2D eigenvalue weighted by Gasteiger charge is -2.13. The van der Waals surface area contributed by atoms with Gasteiger partial charge in [-0.05, 0) is 41.8 Å². The van der Waals surface area contributed by atoms with Gasteiger partial charge in [0.05, 0.1) is 0 Å². The van der Waals surface area contributed by atoms with Crippen LogP contribution in [-0.2, 0) is 17.8 Å². The third-order valence-electron chi connectivity index (χ3n) is 4.02. The van der Waals surface area contributed by atoms with Gasteiger partial charge in [0, 0.05) is 20.1 Å². The van der Waals surface area contributed by atoms with Gasteiger partial charge in [-0.25, -0.2) is 0 Å². The van der Waals surface area contributed by atoms with E-state index in [2.05, 4.69) is 20.4 Å². The van der Waals surface area contributed by atoms with E-state index < -0.39 is 18.7 Å². The molecule has 2 rings (SSSR count). The number of carbonyl (C=O) groups is 1. The Labute approximate surface area is 201 Å². The quantitative estimate of drug-likeness (QED) is 0.234. The molecule has 0 saturated heterocycles. The van der Waals surface area contributed by atoms with Gasteiger partial charge < -0.3 is 25.8 Å². The van der Waals surface area contributed by atoms with Crippen molar-refractivity contribution in [2.75, 3.05) is 26.8 Å². The average Bonchev–Trinajstić information content (AvgIpc) is 2.74. The van der Waals surface area contributed by atoms with Crippen LogP contribution in [0.2, 0.25) is 0 Å². The monoisotopic (exact) mass is 566 g/mol. The molecule has 0 aromatic heterocycles. The number of rotatable bonds is 10. The number of benzene rings is 2. The maximum atomic E-state index is 12.2. The summed E-state index contributed by atoms with van der Waals surface area (Å²) in [6, 6.07) is 13.7. The zero-order chi connectivity index (χ0) is 22.7. The zero-order valence-corrected chi connectivity index (χ0v) is 19.8. The fourth-order valence-electron chi connectivity index (χ4n) is 2.51. The number of aliphatic imine (C=N–C) groups is 1. The molecule has 0 radical (unpaired) electrons. The summed E-state index contributed by atoms with van der Waals surface area (Å²) in [5, 5.41) is 6.33. The van der Waals surface area contributed by atoms with Crippen LogP contribution < -0.4 is 25.8 Å². The first-order chi connectivity index (χ1) is 14.7. The highest BCUT2D eigenvalue weighted by molar-refractivity contribution is 14.0. The van der Waals surface area contributed by atoms with Gasteiger partial charge >= 0.3 is 6.18 Å². The number of guanidine groups is 1. The molecule has 0 aliphatic carbocycles. The number of alkyl halides is 3. The number of hydrogen-bond acceptors (Lipinski definition) is 4. The van der Waals surface area contributed by atoms with Crippen molar-refractivity contribution in [3.8, 4) is 11.5 Å². The Kier molecular flexibility index (Phi) is 11.7. The van der Waals surface area contributed by atoms with E-state index in [1.54, 1.807) is 31.3 Å². The lowest BCUT2D eigenvalue weighted by atomic mass is 10.1. The molecule has 32 heavy (non-hydrogen) atoms. The second-order valence-corrected chi connectivity index (χ2v) is 6.55. The maximum Gasteiger partial charge on any atom is 0.422 e. The number of nitrogens with two attached hydrogens (primary N) is 1. The zero-order valence-electron chi connectivity index (χ0n) is 17.4. The number of ether oxygens (including phenoxy) is 2. The van der Waals surface area contributed by atoms with E-state index in [-0.39, 0.29) is 36.3 Å². The second-order valence-electron chi connectivity index (χ2n) is 6.55. The predicted molar refractivity (Wildman–Crippen MR) is 126 cm³/mol. The molecule has 0 spiro atoms. The van der Waals surface area contributed by atoms with Crippen molar-refractivity contribution in [1.82, 2.24) is 10.6 Å². The maximum absolute atomic E-state index is 12.2. The summed E-state index contributed by atoms with van der Waals surface area (Å²) < 4.78 is 46.4. The van der Waals surface area contributed by atoms with Crippen molar-refractivity contribution in [3.05, 3.63) is 59.7 Å². The Morgan fingerprint density at radius 2 is 1.53 bits per heavy atom. The minimum atomic E-state index is -4.36. The van der Waals surface area contributed by atoms with E-state index in [0.717, 1.165) is 17.5 Å². The molecule has 176 valence electrons. The van der Waals surface area contributed by atoms with Crippen LogP contribution in [0.3, 0.4) is 0 Å².